The normalized spacial score (nSPS) is 14.3. The Bertz CT molecular complexity index is 777. The molecular weight excluding hydrogens is 356 g/mol. The van der Waals surface area contributed by atoms with Crippen LogP contribution in [0.4, 0.5) is 0 Å². The lowest BCUT2D eigenvalue weighted by molar-refractivity contribution is -0.133. The van der Waals surface area contributed by atoms with E-state index >= 15 is 0 Å². The molecule has 0 aliphatic carbocycles. The molecule has 0 saturated carbocycles. The first-order valence-corrected chi connectivity index (χ1v) is 9.65. The number of hydrogen-bond donors (Lipinski definition) is 0. The quantitative estimate of drug-likeness (QED) is 0.771. The number of benzene rings is 2. The number of rotatable bonds is 6. The summed E-state index contributed by atoms with van der Waals surface area (Å²) in [5.41, 5.74) is 0.682. The zero-order valence-electron chi connectivity index (χ0n) is 16.2. The molecule has 0 spiro atoms. The molecule has 0 bridgehead atoms. The van der Waals surface area contributed by atoms with Gasteiger partial charge in [0.1, 0.15) is 11.5 Å². The summed E-state index contributed by atoms with van der Waals surface area (Å²) in [4.78, 5) is 28.7. The van der Waals surface area contributed by atoms with E-state index in [1.165, 1.54) is 0 Å². The second-order valence-corrected chi connectivity index (χ2v) is 6.59. The zero-order chi connectivity index (χ0) is 19.8. The fourth-order valence-electron chi connectivity index (χ4n) is 3.17. The van der Waals surface area contributed by atoms with E-state index in [-0.39, 0.29) is 18.4 Å². The van der Waals surface area contributed by atoms with Crippen molar-refractivity contribution in [3.05, 3.63) is 60.2 Å². The molecule has 1 aliphatic heterocycles. The van der Waals surface area contributed by atoms with Gasteiger partial charge in [0.25, 0.3) is 11.8 Å². The molecule has 0 N–H and O–H groups in total. The third-order valence-corrected chi connectivity index (χ3v) is 4.65. The third-order valence-electron chi connectivity index (χ3n) is 4.65. The van der Waals surface area contributed by atoms with Gasteiger partial charge < -0.3 is 19.3 Å². The van der Waals surface area contributed by atoms with Gasteiger partial charge >= 0.3 is 0 Å². The SMILES string of the molecule is CCOc1ccc(OCC(=O)N2CCCN(C(=O)c3ccccc3)CC2)cc1. The van der Waals surface area contributed by atoms with Gasteiger partial charge in [-0.05, 0) is 49.7 Å². The van der Waals surface area contributed by atoms with Crippen molar-refractivity contribution in [3.8, 4) is 11.5 Å². The Balaban J connectivity index is 1.49. The molecule has 0 unspecified atom stereocenters. The third kappa shape index (κ3) is 5.25. The molecule has 2 amide bonds. The van der Waals surface area contributed by atoms with Crippen molar-refractivity contribution in [3.63, 3.8) is 0 Å². The van der Waals surface area contributed by atoms with Crippen LogP contribution in [0.1, 0.15) is 23.7 Å². The summed E-state index contributed by atoms with van der Waals surface area (Å²) in [6, 6.07) is 16.5. The van der Waals surface area contributed by atoms with E-state index in [9.17, 15) is 9.59 Å². The largest absolute Gasteiger partial charge is 0.494 e. The number of nitrogens with zero attached hydrogens (tertiary/aromatic N) is 2. The Morgan fingerprint density at radius 2 is 1.43 bits per heavy atom. The average Bonchev–Trinajstić information content (AvgIpc) is 3.00. The lowest BCUT2D eigenvalue weighted by atomic mass is 10.2. The monoisotopic (exact) mass is 382 g/mol. The van der Waals surface area contributed by atoms with Crippen molar-refractivity contribution in [2.45, 2.75) is 13.3 Å². The maximum Gasteiger partial charge on any atom is 0.260 e. The van der Waals surface area contributed by atoms with Crippen LogP contribution in [0.25, 0.3) is 0 Å². The summed E-state index contributed by atoms with van der Waals surface area (Å²) >= 11 is 0. The van der Waals surface area contributed by atoms with E-state index in [0.29, 0.717) is 44.1 Å². The van der Waals surface area contributed by atoms with Gasteiger partial charge in [0, 0.05) is 31.7 Å². The van der Waals surface area contributed by atoms with Crippen molar-refractivity contribution < 1.29 is 19.1 Å². The molecule has 0 atom stereocenters. The molecule has 6 nitrogen and oxygen atoms in total. The number of ether oxygens (including phenoxy) is 2. The average molecular weight is 382 g/mol. The van der Waals surface area contributed by atoms with E-state index in [1.807, 2.05) is 54.3 Å². The van der Waals surface area contributed by atoms with Gasteiger partial charge in [-0.1, -0.05) is 18.2 Å². The standard InChI is InChI=1S/C22H26N2O4/c1-2-27-19-9-11-20(12-10-19)28-17-21(25)23-13-6-14-24(16-15-23)22(26)18-7-4-3-5-8-18/h3-5,7-12H,2,6,13-17H2,1H3. The van der Waals surface area contributed by atoms with Crippen LogP contribution in [0.3, 0.4) is 0 Å². The minimum Gasteiger partial charge on any atom is -0.494 e. The highest BCUT2D eigenvalue weighted by molar-refractivity contribution is 5.94. The van der Waals surface area contributed by atoms with Gasteiger partial charge in [-0.25, -0.2) is 0 Å². The molecule has 1 aliphatic rings. The van der Waals surface area contributed by atoms with E-state index in [1.54, 1.807) is 17.0 Å². The minimum atomic E-state index is -0.0668. The minimum absolute atomic E-state index is 0.0133. The first-order chi connectivity index (χ1) is 13.7. The molecule has 2 aromatic rings. The molecule has 1 heterocycles. The predicted molar refractivity (Wildman–Crippen MR) is 107 cm³/mol. The van der Waals surface area contributed by atoms with Gasteiger partial charge in [0.15, 0.2) is 6.61 Å². The summed E-state index contributed by atoms with van der Waals surface area (Å²) in [6.45, 7) is 4.85. The van der Waals surface area contributed by atoms with Crippen molar-refractivity contribution in [2.75, 3.05) is 39.4 Å². The van der Waals surface area contributed by atoms with E-state index in [0.717, 1.165) is 12.2 Å². The first-order valence-electron chi connectivity index (χ1n) is 9.65. The van der Waals surface area contributed by atoms with E-state index < -0.39 is 0 Å². The summed E-state index contributed by atoms with van der Waals surface area (Å²) in [7, 11) is 0. The van der Waals surface area contributed by atoms with E-state index in [4.69, 9.17) is 9.47 Å². The van der Waals surface area contributed by atoms with Gasteiger partial charge in [-0.2, -0.15) is 0 Å². The molecule has 1 fully saturated rings. The summed E-state index contributed by atoms with van der Waals surface area (Å²) in [6.07, 6.45) is 0.757. The predicted octanol–water partition coefficient (Wildman–Crippen LogP) is 2.84. The second-order valence-electron chi connectivity index (χ2n) is 6.59. The molecule has 0 radical (unpaired) electrons. The van der Waals surface area contributed by atoms with Crippen molar-refractivity contribution in [1.82, 2.24) is 9.80 Å². The Morgan fingerprint density at radius 1 is 0.821 bits per heavy atom. The van der Waals surface area contributed by atoms with Crippen LogP contribution in [-0.4, -0.2) is 61.0 Å². The highest BCUT2D eigenvalue weighted by Gasteiger charge is 2.23. The van der Waals surface area contributed by atoms with E-state index in [2.05, 4.69) is 0 Å². The topological polar surface area (TPSA) is 59.1 Å². The molecule has 148 valence electrons. The Labute approximate surface area is 165 Å². The summed E-state index contributed by atoms with van der Waals surface area (Å²) in [5, 5.41) is 0. The molecule has 28 heavy (non-hydrogen) atoms. The maximum absolute atomic E-state index is 12.6. The molecular formula is C22H26N2O4. The maximum atomic E-state index is 12.6. The number of carbonyl (C=O) groups excluding carboxylic acids is 2. The van der Waals surface area contributed by atoms with Crippen molar-refractivity contribution in [2.24, 2.45) is 0 Å². The molecule has 1 saturated heterocycles. The summed E-state index contributed by atoms with van der Waals surface area (Å²) < 4.78 is 11.0. The Hall–Kier alpha value is -3.02. The smallest absolute Gasteiger partial charge is 0.260 e. The first kappa shape index (κ1) is 19.7. The van der Waals surface area contributed by atoms with Crippen molar-refractivity contribution in [1.29, 1.82) is 0 Å². The molecule has 3 rings (SSSR count). The van der Waals surface area contributed by atoms with Crippen LogP contribution in [0, 0.1) is 0 Å². The van der Waals surface area contributed by atoms with Crippen LogP contribution in [-0.2, 0) is 4.79 Å². The fraction of sp³-hybridized carbons (Fsp3) is 0.364. The highest BCUT2D eigenvalue weighted by atomic mass is 16.5. The molecule has 2 aromatic carbocycles. The molecule has 6 heteroatoms. The van der Waals surface area contributed by atoms with Crippen LogP contribution in [0.2, 0.25) is 0 Å². The van der Waals surface area contributed by atoms with Crippen LogP contribution in [0.5, 0.6) is 11.5 Å². The second kappa shape index (κ2) is 9.78. The lowest BCUT2D eigenvalue weighted by Crippen LogP contribution is -2.39. The van der Waals surface area contributed by atoms with Gasteiger partial charge in [0.05, 0.1) is 6.61 Å². The lowest BCUT2D eigenvalue weighted by Gasteiger charge is -2.22. The Morgan fingerprint density at radius 3 is 2.11 bits per heavy atom. The van der Waals surface area contributed by atoms with Crippen LogP contribution < -0.4 is 9.47 Å². The van der Waals surface area contributed by atoms with Crippen molar-refractivity contribution >= 4 is 11.8 Å². The summed E-state index contributed by atoms with van der Waals surface area (Å²) in [5.74, 6) is 1.35. The Kier molecular flexibility index (Phi) is 6.89. The van der Waals surface area contributed by atoms with Crippen LogP contribution >= 0.6 is 0 Å². The molecule has 0 aromatic heterocycles. The van der Waals surface area contributed by atoms with Crippen LogP contribution in [0.15, 0.2) is 54.6 Å². The highest BCUT2D eigenvalue weighted by Crippen LogP contribution is 2.17. The number of carbonyl (C=O) groups is 2. The number of amides is 2. The fourth-order valence-corrected chi connectivity index (χ4v) is 3.17. The number of hydrogen-bond acceptors (Lipinski definition) is 4. The van der Waals surface area contributed by atoms with Gasteiger partial charge in [-0.15, -0.1) is 0 Å². The van der Waals surface area contributed by atoms with Gasteiger partial charge in [-0.3, -0.25) is 9.59 Å². The zero-order valence-corrected chi connectivity index (χ0v) is 16.2. The van der Waals surface area contributed by atoms with Gasteiger partial charge in [0.2, 0.25) is 0 Å².